The molecule has 3 rings (SSSR count). The van der Waals surface area contributed by atoms with Crippen LogP contribution in [0.2, 0.25) is 5.02 Å². The smallest absolute Gasteiger partial charge is 0.347 e. The maximum absolute atomic E-state index is 13.1. The second kappa shape index (κ2) is 5.94. The van der Waals surface area contributed by atoms with E-state index >= 15 is 0 Å². The fraction of sp³-hybridized carbons (Fsp3) is 0. The van der Waals surface area contributed by atoms with Gasteiger partial charge in [0, 0.05) is 6.20 Å². The molecule has 0 spiro atoms. The Morgan fingerprint density at radius 3 is 2.87 bits per heavy atom. The van der Waals surface area contributed by atoms with Crippen LogP contribution in [-0.2, 0) is 0 Å². The van der Waals surface area contributed by atoms with Crippen LogP contribution >= 0.6 is 22.9 Å². The summed E-state index contributed by atoms with van der Waals surface area (Å²) in [6.07, 6.45) is 4.24. The van der Waals surface area contributed by atoms with E-state index in [1.54, 1.807) is 18.2 Å². The van der Waals surface area contributed by atoms with Gasteiger partial charge in [-0.1, -0.05) is 41.1 Å². The standard InChI is InChI=1S/C15H8ClFN2O3S/c16-12-10(5-4-8-2-1-3-9(17)6-8)18-15-19(13(12)20)7-11(23-15)14(21)22/h1-7H,(H,21,22)/b5-4+. The Kier molecular flexibility index (Phi) is 3.97. The maximum Gasteiger partial charge on any atom is 0.347 e. The lowest BCUT2D eigenvalue weighted by Gasteiger charge is -1.99. The van der Waals surface area contributed by atoms with Gasteiger partial charge in [0.1, 0.15) is 15.7 Å². The third-order valence-corrected chi connectivity index (χ3v) is 4.32. The number of rotatable bonds is 3. The van der Waals surface area contributed by atoms with Crippen molar-refractivity contribution in [2.45, 2.75) is 0 Å². The molecule has 0 aliphatic rings. The Hall–Kier alpha value is -2.51. The van der Waals surface area contributed by atoms with Crippen molar-refractivity contribution in [1.82, 2.24) is 9.38 Å². The predicted octanol–water partition coefficient (Wildman–Crippen LogP) is 3.42. The number of carboxylic acid groups (broad SMARTS) is 1. The normalized spacial score (nSPS) is 11.4. The number of hydrogen-bond acceptors (Lipinski definition) is 4. The Morgan fingerprint density at radius 1 is 1.39 bits per heavy atom. The van der Waals surface area contributed by atoms with Crippen LogP contribution in [0, 0.1) is 5.82 Å². The van der Waals surface area contributed by atoms with E-state index in [0.717, 1.165) is 15.7 Å². The first-order chi connectivity index (χ1) is 11.0. The van der Waals surface area contributed by atoms with E-state index in [9.17, 15) is 14.0 Å². The van der Waals surface area contributed by atoms with E-state index in [-0.39, 0.29) is 26.4 Å². The first-order valence-corrected chi connectivity index (χ1v) is 7.54. The Morgan fingerprint density at radius 2 is 2.17 bits per heavy atom. The molecule has 0 aliphatic carbocycles. The topological polar surface area (TPSA) is 71.7 Å². The summed E-state index contributed by atoms with van der Waals surface area (Å²) in [6.45, 7) is 0. The summed E-state index contributed by atoms with van der Waals surface area (Å²) in [5.41, 5.74) is 0.222. The van der Waals surface area contributed by atoms with Crippen LogP contribution < -0.4 is 5.56 Å². The number of carboxylic acids is 1. The zero-order chi connectivity index (χ0) is 16.6. The number of hydrogen-bond donors (Lipinski definition) is 1. The van der Waals surface area contributed by atoms with Crippen LogP contribution in [0.15, 0.2) is 35.3 Å². The van der Waals surface area contributed by atoms with Crippen molar-refractivity contribution in [2.24, 2.45) is 0 Å². The fourth-order valence-electron chi connectivity index (χ4n) is 1.93. The number of nitrogens with zero attached hydrogens (tertiary/aromatic N) is 2. The third kappa shape index (κ3) is 3.01. The van der Waals surface area contributed by atoms with Gasteiger partial charge in [-0.25, -0.2) is 14.2 Å². The van der Waals surface area contributed by atoms with Crippen molar-refractivity contribution < 1.29 is 14.3 Å². The predicted molar refractivity (Wildman–Crippen MR) is 86.6 cm³/mol. The second-order valence-electron chi connectivity index (χ2n) is 4.56. The molecule has 8 heteroatoms. The molecule has 0 aliphatic heterocycles. The molecule has 0 unspecified atom stereocenters. The van der Waals surface area contributed by atoms with Gasteiger partial charge in [0.05, 0.1) is 5.69 Å². The van der Waals surface area contributed by atoms with Crippen LogP contribution in [0.1, 0.15) is 20.9 Å². The number of halogens is 2. The highest BCUT2D eigenvalue weighted by molar-refractivity contribution is 7.18. The van der Waals surface area contributed by atoms with Crippen molar-refractivity contribution in [3.05, 3.63) is 67.8 Å². The molecule has 0 fully saturated rings. The number of carbonyl (C=O) groups is 1. The molecule has 0 amide bonds. The van der Waals surface area contributed by atoms with Gasteiger partial charge >= 0.3 is 5.97 Å². The largest absolute Gasteiger partial charge is 0.477 e. The molecule has 5 nitrogen and oxygen atoms in total. The van der Waals surface area contributed by atoms with Crippen LogP contribution in [0.5, 0.6) is 0 Å². The molecular formula is C15H8ClFN2O3S. The minimum Gasteiger partial charge on any atom is -0.477 e. The Labute approximate surface area is 137 Å². The lowest BCUT2D eigenvalue weighted by atomic mass is 10.2. The zero-order valence-corrected chi connectivity index (χ0v) is 12.9. The van der Waals surface area contributed by atoms with Crippen molar-refractivity contribution in [3.63, 3.8) is 0 Å². The number of aromatic carboxylic acids is 1. The van der Waals surface area contributed by atoms with Gasteiger partial charge in [-0.2, -0.15) is 0 Å². The molecule has 0 saturated carbocycles. The molecule has 2 heterocycles. The van der Waals surface area contributed by atoms with E-state index < -0.39 is 11.5 Å². The van der Waals surface area contributed by atoms with Gasteiger partial charge in [0.2, 0.25) is 0 Å². The molecule has 116 valence electrons. The van der Waals surface area contributed by atoms with E-state index in [2.05, 4.69) is 4.98 Å². The lowest BCUT2D eigenvalue weighted by Crippen LogP contribution is -2.14. The molecule has 0 saturated heterocycles. The van der Waals surface area contributed by atoms with Crippen molar-refractivity contribution in [3.8, 4) is 0 Å². The van der Waals surface area contributed by atoms with E-state index in [4.69, 9.17) is 16.7 Å². The minimum absolute atomic E-state index is 0.0167. The van der Waals surface area contributed by atoms with Crippen molar-refractivity contribution in [1.29, 1.82) is 0 Å². The summed E-state index contributed by atoms with van der Waals surface area (Å²) in [7, 11) is 0. The average molecular weight is 351 g/mol. The number of thiazole rings is 1. The zero-order valence-electron chi connectivity index (χ0n) is 11.4. The fourth-order valence-corrected chi connectivity index (χ4v) is 2.95. The van der Waals surface area contributed by atoms with Gasteiger partial charge in [0.15, 0.2) is 4.96 Å². The highest BCUT2D eigenvalue weighted by atomic mass is 35.5. The number of aromatic nitrogens is 2. The van der Waals surface area contributed by atoms with Gasteiger partial charge in [0.25, 0.3) is 5.56 Å². The molecule has 1 N–H and O–H groups in total. The van der Waals surface area contributed by atoms with Gasteiger partial charge in [-0.3, -0.25) is 9.20 Å². The van der Waals surface area contributed by atoms with E-state index in [1.165, 1.54) is 24.4 Å². The van der Waals surface area contributed by atoms with E-state index in [0.29, 0.717) is 5.56 Å². The molecule has 3 aromatic rings. The van der Waals surface area contributed by atoms with Crippen LogP contribution in [0.25, 0.3) is 17.1 Å². The molecule has 0 bridgehead atoms. The van der Waals surface area contributed by atoms with Crippen LogP contribution in [0.4, 0.5) is 4.39 Å². The first kappa shape index (κ1) is 15.4. The van der Waals surface area contributed by atoms with Crippen molar-refractivity contribution in [2.75, 3.05) is 0 Å². The Bertz CT molecular complexity index is 1010. The Balaban J connectivity index is 2.09. The highest BCUT2D eigenvalue weighted by Crippen LogP contribution is 2.19. The minimum atomic E-state index is -1.15. The molecule has 0 atom stereocenters. The summed E-state index contributed by atoms with van der Waals surface area (Å²) in [5.74, 6) is -1.53. The summed E-state index contributed by atoms with van der Waals surface area (Å²) in [5, 5.41) is 8.84. The molecule has 0 radical (unpaired) electrons. The summed E-state index contributed by atoms with van der Waals surface area (Å²) >= 11 is 6.86. The molecular weight excluding hydrogens is 343 g/mol. The summed E-state index contributed by atoms with van der Waals surface area (Å²) in [6, 6.07) is 5.89. The lowest BCUT2D eigenvalue weighted by molar-refractivity contribution is 0.0701. The molecule has 1 aromatic carbocycles. The van der Waals surface area contributed by atoms with Crippen LogP contribution in [0.3, 0.4) is 0 Å². The van der Waals surface area contributed by atoms with E-state index in [1.807, 2.05) is 0 Å². The summed E-state index contributed by atoms with van der Waals surface area (Å²) in [4.78, 5) is 27.5. The van der Waals surface area contributed by atoms with Crippen molar-refractivity contribution >= 4 is 46.0 Å². The first-order valence-electron chi connectivity index (χ1n) is 6.34. The second-order valence-corrected chi connectivity index (χ2v) is 5.94. The third-order valence-electron chi connectivity index (χ3n) is 2.99. The summed E-state index contributed by atoms with van der Waals surface area (Å²) < 4.78 is 14.2. The monoisotopic (exact) mass is 350 g/mol. The van der Waals surface area contributed by atoms with Gasteiger partial charge in [-0.05, 0) is 23.8 Å². The quantitative estimate of drug-likeness (QED) is 0.785. The van der Waals surface area contributed by atoms with Gasteiger partial charge < -0.3 is 5.11 Å². The number of fused-ring (bicyclic) bond motifs is 1. The molecule has 23 heavy (non-hydrogen) atoms. The number of benzene rings is 1. The maximum atomic E-state index is 13.1. The SMILES string of the molecule is O=C(O)c1cn2c(=O)c(Cl)c(/C=C/c3cccc(F)c3)nc2s1. The van der Waals surface area contributed by atoms with Crippen LogP contribution in [-0.4, -0.2) is 20.5 Å². The average Bonchev–Trinajstić information content (AvgIpc) is 2.94. The highest BCUT2D eigenvalue weighted by Gasteiger charge is 2.14. The van der Waals surface area contributed by atoms with Gasteiger partial charge in [-0.15, -0.1) is 0 Å². The molecule has 2 aromatic heterocycles.